The zero-order chi connectivity index (χ0) is 17.9. The molecule has 3 aromatic rings. The van der Waals surface area contributed by atoms with Gasteiger partial charge in [0.05, 0.1) is 13.0 Å². The third-order valence-corrected chi connectivity index (χ3v) is 4.48. The van der Waals surface area contributed by atoms with Crippen LogP contribution >= 0.6 is 0 Å². The second-order valence-electron chi connectivity index (χ2n) is 6.22. The van der Waals surface area contributed by atoms with Crippen molar-refractivity contribution in [1.29, 1.82) is 0 Å². The van der Waals surface area contributed by atoms with Crippen LogP contribution in [-0.4, -0.2) is 39.6 Å². The number of carbonyl (C=O) groups is 1. The van der Waals surface area contributed by atoms with E-state index in [0.717, 1.165) is 16.9 Å². The normalized spacial score (nSPS) is 16.9. The standard InChI is InChI=1S/C19H18N4O3/c1-25-16-4-2-13(3-5-16)11-23-12-15(10-17(23)24)19-21-18(22-26-19)14-6-8-20-9-7-14/h2-9,15H,10-12H2,1H3. The van der Waals surface area contributed by atoms with E-state index in [4.69, 9.17) is 9.26 Å². The van der Waals surface area contributed by atoms with Gasteiger partial charge in [0.25, 0.3) is 0 Å². The summed E-state index contributed by atoms with van der Waals surface area (Å²) in [6.45, 7) is 1.13. The molecule has 7 nitrogen and oxygen atoms in total. The molecule has 0 bridgehead atoms. The molecule has 132 valence electrons. The molecule has 7 heteroatoms. The first-order valence-electron chi connectivity index (χ1n) is 8.37. The van der Waals surface area contributed by atoms with Crippen LogP contribution in [0, 0.1) is 0 Å². The number of pyridine rings is 1. The van der Waals surface area contributed by atoms with Gasteiger partial charge in [-0.05, 0) is 29.8 Å². The molecule has 0 aliphatic carbocycles. The Morgan fingerprint density at radius 2 is 1.96 bits per heavy atom. The average molecular weight is 350 g/mol. The first-order chi connectivity index (χ1) is 12.7. The van der Waals surface area contributed by atoms with E-state index in [0.29, 0.717) is 31.2 Å². The number of benzene rings is 1. The van der Waals surface area contributed by atoms with E-state index in [1.165, 1.54) is 0 Å². The smallest absolute Gasteiger partial charge is 0.232 e. The Morgan fingerprint density at radius 3 is 2.69 bits per heavy atom. The maximum atomic E-state index is 12.4. The van der Waals surface area contributed by atoms with Gasteiger partial charge in [0.2, 0.25) is 17.6 Å². The summed E-state index contributed by atoms with van der Waals surface area (Å²) in [6.07, 6.45) is 3.75. The maximum Gasteiger partial charge on any atom is 0.232 e. The summed E-state index contributed by atoms with van der Waals surface area (Å²) in [7, 11) is 1.63. The summed E-state index contributed by atoms with van der Waals surface area (Å²) in [6, 6.07) is 11.4. The summed E-state index contributed by atoms with van der Waals surface area (Å²) in [4.78, 5) is 22.6. The fourth-order valence-corrected chi connectivity index (χ4v) is 3.06. The highest BCUT2D eigenvalue weighted by Crippen LogP contribution is 2.29. The topological polar surface area (TPSA) is 81.3 Å². The van der Waals surface area contributed by atoms with Crippen LogP contribution in [0.2, 0.25) is 0 Å². The number of hydrogen-bond donors (Lipinski definition) is 0. The number of likely N-dealkylation sites (tertiary alicyclic amines) is 1. The molecular weight excluding hydrogens is 332 g/mol. The van der Waals surface area contributed by atoms with Gasteiger partial charge in [-0.3, -0.25) is 9.78 Å². The Hall–Kier alpha value is -3.22. The van der Waals surface area contributed by atoms with E-state index in [-0.39, 0.29) is 11.8 Å². The minimum absolute atomic E-state index is 0.0798. The van der Waals surface area contributed by atoms with Crippen LogP contribution in [0.25, 0.3) is 11.4 Å². The Kier molecular flexibility index (Phi) is 4.35. The Labute approximate surface area is 150 Å². The Morgan fingerprint density at radius 1 is 1.19 bits per heavy atom. The number of hydrogen-bond acceptors (Lipinski definition) is 6. The van der Waals surface area contributed by atoms with Gasteiger partial charge in [0.15, 0.2) is 0 Å². The quantitative estimate of drug-likeness (QED) is 0.704. The minimum Gasteiger partial charge on any atom is -0.497 e. The summed E-state index contributed by atoms with van der Waals surface area (Å²) < 4.78 is 10.6. The highest BCUT2D eigenvalue weighted by molar-refractivity contribution is 5.79. The third kappa shape index (κ3) is 3.28. The van der Waals surface area contributed by atoms with Gasteiger partial charge >= 0.3 is 0 Å². The number of ether oxygens (including phenoxy) is 1. The monoisotopic (exact) mass is 350 g/mol. The molecule has 1 amide bonds. The van der Waals surface area contributed by atoms with Crippen molar-refractivity contribution < 1.29 is 14.1 Å². The fourth-order valence-electron chi connectivity index (χ4n) is 3.06. The predicted octanol–water partition coefficient (Wildman–Crippen LogP) is 2.66. The molecule has 26 heavy (non-hydrogen) atoms. The zero-order valence-corrected chi connectivity index (χ0v) is 14.3. The van der Waals surface area contributed by atoms with Crippen LogP contribution in [0.5, 0.6) is 5.75 Å². The number of carbonyl (C=O) groups excluding carboxylic acids is 1. The van der Waals surface area contributed by atoms with Gasteiger partial charge in [-0.2, -0.15) is 4.98 Å². The molecule has 1 unspecified atom stereocenters. The van der Waals surface area contributed by atoms with Crippen LogP contribution in [0.3, 0.4) is 0 Å². The molecular formula is C19H18N4O3. The van der Waals surface area contributed by atoms with Gasteiger partial charge in [-0.25, -0.2) is 0 Å². The summed E-state index contributed by atoms with van der Waals surface area (Å²) in [5.74, 6) is 1.83. The molecule has 1 fully saturated rings. The van der Waals surface area contributed by atoms with E-state index < -0.39 is 0 Å². The predicted molar refractivity (Wildman–Crippen MR) is 93.3 cm³/mol. The highest BCUT2D eigenvalue weighted by Gasteiger charge is 2.34. The van der Waals surface area contributed by atoms with E-state index in [1.807, 2.05) is 41.3 Å². The molecule has 1 atom stereocenters. The van der Waals surface area contributed by atoms with Gasteiger partial charge in [0.1, 0.15) is 5.75 Å². The Bertz CT molecular complexity index is 893. The first-order valence-corrected chi connectivity index (χ1v) is 8.37. The number of methoxy groups -OCH3 is 1. The minimum atomic E-state index is -0.0798. The van der Waals surface area contributed by atoms with Crippen molar-refractivity contribution in [2.24, 2.45) is 0 Å². The largest absolute Gasteiger partial charge is 0.497 e. The van der Waals surface area contributed by atoms with Gasteiger partial charge in [-0.1, -0.05) is 17.3 Å². The van der Waals surface area contributed by atoms with Gasteiger partial charge < -0.3 is 14.2 Å². The van der Waals surface area contributed by atoms with Crippen molar-refractivity contribution in [2.45, 2.75) is 18.9 Å². The second kappa shape index (κ2) is 6.95. The summed E-state index contributed by atoms with van der Waals surface area (Å²) in [5.41, 5.74) is 1.90. The van der Waals surface area contributed by atoms with Crippen LogP contribution in [-0.2, 0) is 11.3 Å². The van der Waals surface area contributed by atoms with Crippen molar-refractivity contribution in [3.63, 3.8) is 0 Å². The van der Waals surface area contributed by atoms with E-state index >= 15 is 0 Å². The molecule has 1 aliphatic rings. The van der Waals surface area contributed by atoms with Crippen molar-refractivity contribution in [3.05, 3.63) is 60.2 Å². The molecule has 3 heterocycles. The van der Waals surface area contributed by atoms with Crippen molar-refractivity contribution >= 4 is 5.91 Å². The molecule has 1 aliphatic heterocycles. The number of amides is 1. The molecule has 1 saturated heterocycles. The van der Waals surface area contributed by atoms with Crippen LogP contribution in [0.15, 0.2) is 53.3 Å². The zero-order valence-electron chi connectivity index (χ0n) is 14.3. The van der Waals surface area contributed by atoms with Crippen molar-refractivity contribution in [3.8, 4) is 17.1 Å². The van der Waals surface area contributed by atoms with Gasteiger partial charge in [0, 0.05) is 37.5 Å². The lowest BCUT2D eigenvalue weighted by molar-refractivity contribution is -0.128. The Balaban J connectivity index is 1.45. The number of aromatic nitrogens is 3. The SMILES string of the molecule is COc1ccc(CN2CC(c3nc(-c4ccncc4)no3)CC2=O)cc1. The molecule has 1 aromatic carbocycles. The maximum absolute atomic E-state index is 12.4. The molecule has 4 rings (SSSR count). The third-order valence-electron chi connectivity index (χ3n) is 4.48. The summed E-state index contributed by atoms with van der Waals surface area (Å²) in [5, 5.41) is 4.03. The van der Waals surface area contributed by atoms with Crippen molar-refractivity contribution in [1.82, 2.24) is 20.0 Å². The lowest BCUT2D eigenvalue weighted by atomic mass is 10.1. The van der Waals surface area contributed by atoms with Crippen LogP contribution in [0.1, 0.15) is 23.8 Å². The lowest BCUT2D eigenvalue weighted by Crippen LogP contribution is -2.24. The molecule has 0 N–H and O–H groups in total. The van der Waals surface area contributed by atoms with Crippen LogP contribution < -0.4 is 4.74 Å². The first kappa shape index (κ1) is 16.3. The molecule has 0 radical (unpaired) electrons. The number of nitrogens with zero attached hydrogens (tertiary/aromatic N) is 4. The van der Waals surface area contributed by atoms with Gasteiger partial charge in [-0.15, -0.1) is 0 Å². The van der Waals surface area contributed by atoms with Crippen LogP contribution in [0.4, 0.5) is 0 Å². The van der Waals surface area contributed by atoms with Crippen molar-refractivity contribution in [2.75, 3.05) is 13.7 Å². The average Bonchev–Trinajstić information content (AvgIpc) is 3.31. The number of rotatable bonds is 5. The van der Waals surface area contributed by atoms with E-state index in [9.17, 15) is 4.79 Å². The fraction of sp³-hybridized carbons (Fsp3) is 0.263. The molecule has 0 saturated carbocycles. The lowest BCUT2D eigenvalue weighted by Gasteiger charge is -2.16. The molecule has 2 aromatic heterocycles. The van der Waals surface area contributed by atoms with E-state index in [2.05, 4.69) is 15.1 Å². The highest BCUT2D eigenvalue weighted by atomic mass is 16.5. The molecule has 0 spiro atoms. The summed E-state index contributed by atoms with van der Waals surface area (Å²) >= 11 is 0. The second-order valence-corrected chi connectivity index (χ2v) is 6.22. The van der Waals surface area contributed by atoms with E-state index in [1.54, 1.807) is 19.5 Å².